The third kappa shape index (κ3) is 3.34. The van der Waals surface area contributed by atoms with Crippen LogP contribution < -0.4 is 4.74 Å². The van der Waals surface area contributed by atoms with Crippen molar-refractivity contribution in [2.75, 3.05) is 21.2 Å². The van der Waals surface area contributed by atoms with Crippen molar-refractivity contribution in [1.29, 1.82) is 0 Å². The predicted molar refractivity (Wildman–Crippen MR) is 74.7 cm³/mol. The van der Waals surface area contributed by atoms with E-state index in [1.807, 2.05) is 20.8 Å². The predicted octanol–water partition coefficient (Wildman–Crippen LogP) is 2.26. The minimum atomic E-state index is -0.523. The van der Waals surface area contributed by atoms with E-state index in [0.29, 0.717) is 5.56 Å². The Bertz CT molecular complexity index is 499. The molecule has 0 heterocycles. The molecule has 1 rings (SSSR count). The lowest BCUT2D eigenvalue weighted by Gasteiger charge is -2.22. The van der Waals surface area contributed by atoms with Crippen molar-refractivity contribution < 1.29 is 14.3 Å². The van der Waals surface area contributed by atoms with Crippen LogP contribution in [0.1, 0.15) is 36.7 Å². The first kappa shape index (κ1) is 15.2. The van der Waals surface area contributed by atoms with E-state index in [9.17, 15) is 9.59 Å². The van der Waals surface area contributed by atoms with Crippen molar-refractivity contribution in [3.05, 3.63) is 29.3 Å². The fraction of sp³-hybridized carbons (Fsp3) is 0.467. The van der Waals surface area contributed by atoms with Crippen LogP contribution in [0.15, 0.2) is 18.2 Å². The lowest BCUT2D eigenvalue weighted by Crippen LogP contribution is -2.30. The van der Waals surface area contributed by atoms with Gasteiger partial charge in [0.05, 0.1) is 7.11 Å². The Balaban J connectivity index is 3.27. The molecule has 104 valence electrons. The Kier molecular flexibility index (Phi) is 4.35. The number of ketones is 1. The number of amides is 1. The molecular weight excluding hydrogens is 242 g/mol. The van der Waals surface area contributed by atoms with Crippen LogP contribution in [0.3, 0.4) is 0 Å². The molecule has 0 saturated heterocycles. The molecule has 0 aliphatic carbocycles. The number of methoxy groups -OCH3 is 1. The van der Waals surface area contributed by atoms with E-state index in [0.717, 1.165) is 11.3 Å². The Morgan fingerprint density at radius 3 is 2.16 bits per heavy atom. The van der Waals surface area contributed by atoms with E-state index in [4.69, 9.17) is 4.74 Å². The van der Waals surface area contributed by atoms with Gasteiger partial charge >= 0.3 is 0 Å². The van der Waals surface area contributed by atoms with Crippen molar-refractivity contribution in [3.8, 4) is 5.75 Å². The molecule has 0 aliphatic rings. The fourth-order valence-corrected chi connectivity index (χ4v) is 1.76. The summed E-state index contributed by atoms with van der Waals surface area (Å²) < 4.78 is 5.31. The van der Waals surface area contributed by atoms with E-state index >= 15 is 0 Å². The second-order valence-corrected chi connectivity index (χ2v) is 5.69. The Hall–Kier alpha value is -1.84. The number of carbonyl (C=O) groups is 2. The highest BCUT2D eigenvalue weighted by Gasteiger charge is 2.23. The number of likely N-dealkylation sites (N-methyl/N-ethyl adjacent to an activating group) is 1. The number of Topliss-reactive ketones (excluding diaryl/α,β-unsaturated/α-hetero) is 1. The van der Waals surface area contributed by atoms with E-state index in [1.54, 1.807) is 39.4 Å². The molecule has 1 aromatic carbocycles. The summed E-state index contributed by atoms with van der Waals surface area (Å²) in [7, 11) is 4.72. The summed E-state index contributed by atoms with van der Waals surface area (Å²) in [6.45, 7) is 6.10. The molecule has 1 amide bonds. The second kappa shape index (κ2) is 5.43. The number of benzene rings is 1. The van der Waals surface area contributed by atoms with Crippen molar-refractivity contribution in [3.63, 3.8) is 0 Å². The normalized spacial score (nSPS) is 11.1. The lowest BCUT2D eigenvalue weighted by molar-refractivity contribution is -0.124. The first-order chi connectivity index (χ1) is 8.68. The zero-order chi connectivity index (χ0) is 14.8. The number of hydrogen-bond donors (Lipinski definition) is 0. The molecule has 0 unspecified atom stereocenters. The van der Waals surface area contributed by atoms with E-state index < -0.39 is 11.7 Å². The summed E-state index contributed by atoms with van der Waals surface area (Å²) in [5.41, 5.74) is 1.14. The van der Waals surface area contributed by atoms with Crippen molar-refractivity contribution in [1.82, 2.24) is 4.90 Å². The summed E-state index contributed by atoms with van der Waals surface area (Å²) in [5, 5.41) is 0. The Morgan fingerprint density at radius 1 is 1.16 bits per heavy atom. The average Bonchev–Trinajstić information content (AvgIpc) is 2.35. The zero-order valence-electron chi connectivity index (χ0n) is 12.4. The molecule has 0 aromatic heterocycles. The van der Waals surface area contributed by atoms with Gasteiger partial charge in [0, 0.05) is 25.2 Å². The molecule has 4 nitrogen and oxygen atoms in total. The van der Waals surface area contributed by atoms with Crippen LogP contribution in [0, 0.1) is 0 Å². The SMILES string of the molecule is COc1ccc(C(=O)C(=O)N(C)C)cc1C(C)(C)C. The molecule has 0 bridgehead atoms. The van der Waals surface area contributed by atoms with Crippen molar-refractivity contribution in [2.45, 2.75) is 26.2 Å². The maximum absolute atomic E-state index is 12.0. The van der Waals surface area contributed by atoms with Gasteiger partial charge in [-0.15, -0.1) is 0 Å². The lowest BCUT2D eigenvalue weighted by atomic mass is 9.85. The molecule has 0 aliphatic heterocycles. The van der Waals surface area contributed by atoms with Crippen LogP contribution in [0.25, 0.3) is 0 Å². The third-order valence-electron chi connectivity index (χ3n) is 2.87. The van der Waals surface area contributed by atoms with E-state index in [-0.39, 0.29) is 5.41 Å². The summed E-state index contributed by atoms with van der Waals surface area (Å²) in [4.78, 5) is 25.0. The highest BCUT2D eigenvalue weighted by Crippen LogP contribution is 2.32. The number of ether oxygens (including phenoxy) is 1. The van der Waals surface area contributed by atoms with Gasteiger partial charge in [-0.3, -0.25) is 9.59 Å². The first-order valence-corrected chi connectivity index (χ1v) is 6.13. The maximum Gasteiger partial charge on any atom is 0.294 e. The third-order valence-corrected chi connectivity index (χ3v) is 2.87. The molecule has 0 radical (unpaired) electrons. The van der Waals surface area contributed by atoms with Gasteiger partial charge in [0.1, 0.15) is 5.75 Å². The van der Waals surface area contributed by atoms with Crippen molar-refractivity contribution in [2.24, 2.45) is 0 Å². The van der Waals surface area contributed by atoms with Gasteiger partial charge in [0.2, 0.25) is 5.78 Å². The highest BCUT2D eigenvalue weighted by atomic mass is 16.5. The number of hydrogen-bond acceptors (Lipinski definition) is 3. The molecule has 1 aromatic rings. The molecule has 0 fully saturated rings. The van der Waals surface area contributed by atoms with E-state index in [2.05, 4.69) is 0 Å². The summed E-state index contributed by atoms with van der Waals surface area (Å²) >= 11 is 0. The smallest absolute Gasteiger partial charge is 0.294 e. The molecule has 0 saturated carbocycles. The van der Waals surface area contributed by atoms with Crippen LogP contribution in [-0.2, 0) is 10.2 Å². The topological polar surface area (TPSA) is 46.6 Å². The second-order valence-electron chi connectivity index (χ2n) is 5.69. The number of carbonyl (C=O) groups excluding carboxylic acids is 2. The van der Waals surface area contributed by atoms with Crippen LogP contribution in [0.4, 0.5) is 0 Å². The van der Waals surface area contributed by atoms with Gasteiger partial charge in [0.15, 0.2) is 0 Å². The largest absolute Gasteiger partial charge is 0.496 e. The Morgan fingerprint density at radius 2 is 1.74 bits per heavy atom. The van der Waals surface area contributed by atoms with Gasteiger partial charge in [-0.05, 0) is 23.6 Å². The highest BCUT2D eigenvalue weighted by molar-refractivity contribution is 6.42. The Labute approximate surface area is 114 Å². The molecule has 19 heavy (non-hydrogen) atoms. The van der Waals surface area contributed by atoms with Crippen molar-refractivity contribution >= 4 is 11.7 Å². The summed E-state index contributed by atoms with van der Waals surface area (Å²) in [6.07, 6.45) is 0. The fourth-order valence-electron chi connectivity index (χ4n) is 1.76. The van der Waals surface area contributed by atoms with Gasteiger partial charge in [-0.1, -0.05) is 20.8 Å². The van der Waals surface area contributed by atoms with Crippen LogP contribution in [0.5, 0.6) is 5.75 Å². The molecule has 0 atom stereocenters. The summed E-state index contributed by atoms with van der Waals surface area (Å²) in [6, 6.07) is 5.09. The maximum atomic E-state index is 12.0. The van der Waals surface area contributed by atoms with E-state index in [1.165, 1.54) is 4.90 Å². The molecule has 0 N–H and O–H groups in total. The number of rotatable bonds is 3. The average molecular weight is 263 g/mol. The number of nitrogens with zero attached hydrogens (tertiary/aromatic N) is 1. The minimum Gasteiger partial charge on any atom is -0.496 e. The standard InChI is InChI=1S/C15H21NO3/c1-15(2,3)11-9-10(7-8-12(11)19-6)13(17)14(18)16(4)5/h7-9H,1-6H3. The van der Waals surface area contributed by atoms with Crippen LogP contribution >= 0.6 is 0 Å². The summed E-state index contributed by atoms with van der Waals surface area (Å²) in [5.74, 6) is -0.301. The molecular formula is C15H21NO3. The zero-order valence-corrected chi connectivity index (χ0v) is 12.4. The van der Waals surface area contributed by atoms with Gasteiger partial charge in [-0.2, -0.15) is 0 Å². The quantitative estimate of drug-likeness (QED) is 0.621. The molecule has 0 spiro atoms. The minimum absolute atomic E-state index is 0.164. The van der Waals surface area contributed by atoms with Gasteiger partial charge < -0.3 is 9.64 Å². The monoisotopic (exact) mass is 263 g/mol. The van der Waals surface area contributed by atoms with Crippen LogP contribution in [-0.4, -0.2) is 37.8 Å². The van der Waals surface area contributed by atoms with Gasteiger partial charge in [0.25, 0.3) is 5.91 Å². The van der Waals surface area contributed by atoms with Gasteiger partial charge in [-0.25, -0.2) is 0 Å². The van der Waals surface area contributed by atoms with Crippen LogP contribution in [0.2, 0.25) is 0 Å². The first-order valence-electron chi connectivity index (χ1n) is 6.13. The molecule has 4 heteroatoms.